The second kappa shape index (κ2) is 5.43. The summed E-state index contributed by atoms with van der Waals surface area (Å²) in [6.07, 6.45) is 0. The average Bonchev–Trinajstić information content (AvgIpc) is 2.99. The lowest BCUT2D eigenvalue weighted by Crippen LogP contribution is -2.28. The third-order valence-corrected chi connectivity index (χ3v) is 4.36. The Morgan fingerprint density at radius 3 is 2.64 bits per heavy atom. The van der Waals surface area contributed by atoms with Crippen molar-refractivity contribution in [2.45, 2.75) is 20.0 Å². The number of benzene rings is 2. The fourth-order valence-electron chi connectivity index (χ4n) is 3.17. The summed E-state index contributed by atoms with van der Waals surface area (Å²) in [6.45, 7) is 5.04. The summed E-state index contributed by atoms with van der Waals surface area (Å²) in [5.74, 6) is 0. The summed E-state index contributed by atoms with van der Waals surface area (Å²) < 4.78 is 2.13. The molecule has 1 N–H and O–H groups in total. The van der Waals surface area contributed by atoms with Gasteiger partial charge >= 0.3 is 0 Å². The van der Waals surface area contributed by atoms with E-state index in [0.717, 1.165) is 25.3 Å². The van der Waals surface area contributed by atoms with E-state index in [1.807, 2.05) is 0 Å². The third-order valence-electron chi connectivity index (χ3n) is 4.36. The smallest absolute Gasteiger partial charge is 0.0929 e. The lowest BCUT2D eigenvalue weighted by Gasteiger charge is -2.13. The minimum Gasteiger partial charge on any atom is -0.309 e. The molecular weight excluding hydrogens is 270 g/mol. The van der Waals surface area contributed by atoms with Crippen LogP contribution in [0.1, 0.15) is 11.3 Å². The topological polar surface area (TPSA) is 29.9 Å². The highest BCUT2D eigenvalue weighted by molar-refractivity contribution is 5.76. The molecule has 2 heterocycles. The number of hydrogen-bond acceptors (Lipinski definition) is 2. The Balaban J connectivity index is 1.81. The first kappa shape index (κ1) is 13.3. The van der Waals surface area contributed by atoms with Crippen LogP contribution < -0.4 is 5.32 Å². The van der Waals surface area contributed by atoms with Crippen molar-refractivity contribution in [2.24, 2.45) is 0 Å². The molecule has 0 saturated carbocycles. The van der Waals surface area contributed by atoms with Gasteiger partial charge in [0.05, 0.1) is 17.9 Å². The molecule has 0 saturated heterocycles. The van der Waals surface area contributed by atoms with Gasteiger partial charge in [0.25, 0.3) is 0 Å². The Bertz CT molecular complexity index is 779. The van der Waals surface area contributed by atoms with E-state index in [1.165, 1.54) is 27.9 Å². The summed E-state index contributed by atoms with van der Waals surface area (Å²) in [6, 6.07) is 19.2. The minimum atomic E-state index is 0.907. The van der Waals surface area contributed by atoms with Crippen LogP contribution in [-0.4, -0.2) is 16.3 Å². The highest BCUT2D eigenvalue weighted by Crippen LogP contribution is 2.31. The zero-order valence-electron chi connectivity index (χ0n) is 12.7. The van der Waals surface area contributed by atoms with E-state index < -0.39 is 0 Å². The van der Waals surface area contributed by atoms with Crippen LogP contribution in [0.4, 0.5) is 0 Å². The molecule has 1 aromatic heterocycles. The first-order valence-electron chi connectivity index (χ1n) is 7.76. The van der Waals surface area contributed by atoms with Crippen LogP contribution in [-0.2, 0) is 13.1 Å². The molecule has 1 aliphatic heterocycles. The van der Waals surface area contributed by atoms with Gasteiger partial charge in [0, 0.05) is 18.7 Å². The molecule has 4 rings (SSSR count). The fourth-order valence-corrected chi connectivity index (χ4v) is 3.17. The van der Waals surface area contributed by atoms with Crippen LogP contribution in [0.25, 0.3) is 22.4 Å². The molecule has 0 spiro atoms. The van der Waals surface area contributed by atoms with E-state index in [0.29, 0.717) is 0 Å². The van der Waals surface area contributed by atoms with Gasteiger partial charge in [-0.3, -0.25) is 4.68 Å². The van der Waals surface area contributed by atoms with Crippen molar-refractivity contribution in [3.05, 3.63) is 65.9 Å². The van der Waals surface area contributed by atoms with Crippen LogP contribution in [0.15, 0.2) is 54.6 Å². The maximum Gasteiger partial charge on any atom is 0.0929 e. The van der Waals surface area contributed by atoms with Gasteiger partial charge in [-0.25, -0.2) is 0 Å². The van der Waals surface area contributed by atoms with Crippen molar-refractivity contribution in [1.29, 1.82) is 0 Å². The normalized spacial score (nSPS) is 13.9. The molecule has 22 heavy (non-hydrogen) atoms. The van der Waals surface area contributed by atoms with E-state index in [-0.39, 0.29) is 0 Å². The van der Waals surface area contributed by atoms with Crippen molar-refractivity contribution >= 4 is 0 Å². The van der Waals surface area contributed by atoms with E-state index in [9.17, 15) is 0 Å². The molecule has 3 nitrogen and oxygen atoms in total. The highest BCUT2D eigenvalue weighted by atomic mass is 15.3. The summed E-state index contributed by atoms with van der Waals surface area (Å²) in [7, 11) is 0. The maximum atomic E-state index is 4.79. The Morgan fingerprint density at radius 2 is 1.82 bits per heavy atom. The summed E-state index contributed by atoms with van der Waals surface area (Å²) >= 11 is 0. The Morgan fingerprint density at radius 1 is 1.00 bits per heavy atom. The first-order chi connectivity index (χ1) is 10.8. The summed E-state index contributed by atoms with van der Waals surface area (Å²) in [4.78, 5) is 0. The molecule has 3 aromatic rings. The van der Waals surface area contributed by atoms with Crippen molar-refractivity contribution in [3.63, 3.8) is 0 Å². The van der Waals surface area contributed by atoms with Gasteiger partial charge in [0.15, 0.2) is 0 Å². The van der Waals surface area contributed by atoms with Crippen LogP contribution in [0, 0.1) is 6.92 Å². The molecule has 3 heteroatoms. The van der Waals surface area contributed by atoms with Gasteiger partial charge < -0.3 is 5.32 Å². The maximum absolute atomic E-state index is 4.79. The predicted molar refractivity (Wildman–Crippen MR) is 89.5 cm³/mol. The molecule has 0 unspecified atom stereocenters. The van der Waals surface area contributed by atoms with Gasteiger partial charge in [0.1, 0.15) is 0 Å². The summed E-state index contributed by atoms with van der Waals surface area (Å²) in [5, 5.41) is 8.19. The van der Waals surface area contributed by atoms with Crippen molar-refractivity contribution in [2.75, 3.05) is 6.54 Å². The molecule has 0 fully saturated rings. The van der Waals surface area contributed by atoms with Crippen molar-refractivity contribution in [1.82, 2.24) is 15.1 Å². The zero-order valence-corrected chi connectivity index (χ0v) is 12.7. The number of aromatic nitrogens is 2. The Kier molecular flexibility index (Phi) is 3.28. The standard InChI is InChI=1S/C19H19N3/c1-14-17(15-6-3-2-4-7-15)8-5-9-18(14)19-12-16-13-20-10-11-22(16)21-19/h2-9,12,20H,10-11,13H2,1H3. The number of nitrogens with one attached hydrogen (secondary N) is 1. The lowest BCUT2D eigenvalue weighted by molar-refractivity contribution is 0.476. The largest absolute Gasteiger partial charge is 0.309 e. The summed E-state index contributed by atoms with van der Waals surface area (Å²) in [5.41, 5.74) is 7.40. The second-order valence-electron chi connectivity index (χ2n) is 5.76. The van der Waals surface area contributed by atoms with Gasteiger partial charge in [-0.15, -0.1) is 0 Å². The number of nitrogens with zero attached hydrogens (tertiary/aromatic N) is 2. The number of hydrogen-bond donors (Lipinski definition) is 1. The monoisotopic (exact) mass is 289 g/mol. The van der Waals surface area contributed by atoms with Crippen LogP contribution in [0.3, 0.4) is 0 Å². The first-order valence-corrected chi connectivity index (χ1v) is 7.76. The molecular formula is C19H19N3. The molecule has 0 radical (unpaired) electrons. The van der Waals surface area contributed by atoms with Crippen molar-refractivity contribution < 1.29 is 0 Å². The van der Waals surface area contributed by atoms with Gasteiger partial charge in [0.2, 0.25) is 0 Å². The van der Waals surface area contributed by atoms with Gasteiger partial charge in [-0.1, -0.05) is 48.5 Å². The zero-order chi connectivity index (χ0) is 14.9. The lowest BCUT2D eigenvalue weighted by atomic mass is 9.95. The fraction of sp³-hybridized carbons (Fsp3) is 0.211. The molecule has 2 aromatic carbocycles. The quantitative estimate of drug-likeness (QED) is 0.780. The highest BCUT2D eigenvalue weighted by Gasteiger charge is 2.15. The van der Waals surface area contributed by atoms with E-state index in [4.69, 9.17) is 5.10 Å². The minimum absolute atomic E-state index is 0.907. The Hall–Kier alpha value is -2.39. The van der Waals surface area contributed by atoms with E-state index in [2.05, 4.69) is 71.5 Å². The van der Waals surface area contributed by atoms with Gasteiger partial charge in [-0.05, 0) is 29.7 Å². The number of fused-ring (bicyclic) bond motifs is 1. The van der Waals surface area contributed by atoms with Gasteiger partial charge in [-0.2, -0.15) is 5.10 Å². The SMILES string of the molecule is Cc1c(-c2ccccc2)cccc1-c1cc2n(n1)CCNC2. The molecule has 0 bridgehead atoms. The average molecular weight is 289 g/mol. The molecule has 110 valence electrons. The van der Waals surface area contributed by atoms with E-state index >= 15 is 0 Å². The Labute approximate surface area is 130 Å². The third kappa shape index (κ3) is 2.24. The molecule has 0 atom stereocenters. The number of rotatable bonds is 2. The van der Waals surface area contributed by atoms with E-state index in [1.54, 1.807) is 0 Å². The van der Waals surface area contributed by atoms with Crippen LogP contribution >= 0.6 is 0 Å². The van der Waals surface area contributed by atoms with Crippen molar-refractivity contribution in [3.8, 4) is 22.4 Å². The second-order valence-corrected chi connectivity index (χ2v) is 5.76. The predicted octanol–water partition coefficient (Wildman–Crippen LogP) is 3.63. The molecule has 0 amide bonds. The van der Waals surface area contributed by atoms with Crippen LogP contribution in [0.2, 0.25) is 0 Å². The van der Waals surface area contributed by atoms with Crippen LogP contribution in [0.5, 0.6) is 0 Å². The molecule has 0 aliphatic carbocycles. The molecule has 1 aliphatic rings.